The Hall–Kier alpha value is -2.83. The minimum Gasteiger partial charge on any atom is -0.488 e. The number of aryl methyl sites for hydroxylation is 1. The summed E-state index contributed by atoms with van der Waals surface area (Å²) >= 11 is 16.8. The number of carbonyl (C=O) groups is 2. The third-order valence-electron chi connectivity index (χ3n) is 5.12. The molecule has 1 N–H and O–H groups in total. The SMILES string of the molecule is CCOC(=O)c1c(NC(=O)C(C#N)=Cc2ccc(OCc3ccc(Cl)cc3Cl)c(Br)c2)sc(C)c1C. The van der Waals surface area contributed by atoms with Gasteiger partial charge in [0, 0.05) is 20.5 Å². The monoisotopic (exact) mass is 606 g/mol. The summed E-state index contributed by atoms with van der Waals surface area (Å²) in [5.74, 6) is -0.584. The molecule has 0 fully saturated rings. The number of hydrogen-bond acceptors (Lipinski definition) is 6. The van der Waals surface area contributed by atoms with Crippen LogP contribution in [0.2, 0.25) is 10.0 Å². The predicted octanol–water partition coefficient (Wildman–Crippen LogP) is 7.74. The average molecular weight is 608 g/mol. The quantitative estimate of drug-likeness (QED) is 0.161. The van der Waals surface area contributed by atoms with Crippen molar-refractivity contribution in [3.8, 4) is 11.8 Å². The van der Waals surface area contributed by atoms with Crippen molar-refractivity contribution in [2.24, 2.45) is 0 Å². The van der Waals surface area contributed by atoms with Crippen molar-refractivity contribution < 1.29 is 19.1 Å². The number of rotatable bonds is 8. The predicted molar refractivity (Wildman–Crippen MR) is 147 cm³/mol. The number of nitrogens with one attached hydrogen (secondary N) is 1. The van der Waals surface area contributed by atoms with E-state index in [1.165, 1.54) is 17.4 Å². The van der Waals surface area contributed by atoms with E-state index in [9.17, 15) is 14.9 Å². The second kappa shape index (κ2) is 12.4. The number of carbonyl (C=O) groups excluding carboxylic acids is 2. The van der Waals surface area contributed by atoms with Crippen molar-refractivity contribution in [3.05, 3.63) is 83.6 Å². The van der Waals surface area contributed by atoms with Crippen molar-refractivity contribution >= 4 is 73.4 Å². The highest BCUT2D eigenvalue weighted by Crippen LogP contribution is 2.34. The first-order valence-corrected chi connectivity index (χ1v) is 13.1. The summed E-state index contributed by atoms with van der Waals surface area (Å²) in [6.45, 7) is 5.80. The molecule has 6 nitrogen and oxygen atoms in total. The number of hydrogen-bond donors (Lipinski definition) is 1. The summed E-state index contributed by atoms with van der Waals surface area (Å²) in [6, 6.07) is 12.3. The number of amides is 1. The van der Waals surface area contributed by atoms with Crippen molar-refractivity contribution in [1.29, 1.82) is 5.26 Å². The van der Waals surface area contributed by atoms with E-state index < -0.39 is 11.9 Å². The van der Waals surface area contributed by atoms with E-state index in [1.807, 2.05) is 13.0 Å². The van der Waals surface area contributed by atoms with Gasteiger partial charge in [-0.15, -0.1) is 11.3 Å². The van der Waals surface area contributed by atoms with Gasteiger partial charge in [-0.3, -0.25) is 4.79 Å². The molecule has 3 rings (SSSR count). The summed E-state index contributed by atoms with van der Waals surface area (Å²) in [6.07, 6.45) is 1.46. The lowest BCUT2D eigenvalue weighted by atomic mass is 10.1. The van der Waals surface area contributed by atoms with Crippen LogP contribution in [0.1, 0.15) is 38.8 Å². The first-order valence-electron chi connectivity index (χ1n) is 10.7. The second-order valence-corrected chi connectivity index (χ2v) is 10.5. The van der Waals surface area contributed by atoms with Crippen molar-refractivity contribution in [3.63, 3.8) is 0 Å². The van der Waals surface area contributed by atoms with Gasteiger partial charge in [-0.1, -0.05) is 35.3 Å². The van der Waals surface area contributed by atoms with E-state index in [2.05, 4.69) is 21.2 Å². The molecule has 0 aliphatic rings. The summed E-state index contributed by atoms with van der Waals surface area (Å²) in [5, 5.41) is 13.7. The van der Waals surface area contributed by atoms with Crippen molar-refractivity contribution in [2.75, 3.05) is 11.9 Å². The Morgan fingerprint density at radius 2 is 1.94 bits per heavy atom. The van der Waals surface area contributed by atoms with Crippen LogP contribution in [-0.2, 0) is 16.1 Å². The molecule has 0 spiro atoms. The van der Waals surface area contributed by atoms with Crippen molar-refractivity contribution in [1.82, 2.24) is 0 Å². The van der Waals surface area contributed by atoms with Gasteiger partial charge in [0.2, 0.25) is 0 Å². The summed E-state index contributed by atoms with van der Waals surface area (Å²) in [7, 11) is 0. The lowest BCUT2D eigenvalue weighted by Gasteiger charge is -2.10. The van der Waals surface area contributed by atoms with Crippen LogP contribution in [0.15, 0.2) is 46.4 Å². The molecule has 2 aromatic carbocycles. The first kappa shape index (κ1) is 27.8. The van der Waals surface area contributed by atoms with Crippen LogP contribution in [0.4, 0.5) is 5.00 Å². The number of halogens is 3. The molecular formula is C26H21BrCl2N2O4S. The van der Waals surface area contributed by atoms with Gasteiger partial charge < -0.3 is 14.8 Å². The van der Waals surface area contributed by atoms with E-state index in [0.29, 0.717) is 36.4 Å². The largest absolute Gasteiger partial charge is 0.488 e. The molecule has 1 amide bonds. The maximum Gasteiger partial charge on any atom is 0.341 e. The molecule has 0 aliphatic heterocycles. The zero-order chi connectivity index (χ0) is 26.4. The summed E-state index contributed by atoms with van der Waals surface area (Å²) < 4.78 is 11.6. The van der Waals surface area contributed by atoms with Gasteiger partial charge in [-0.25, -0.2) is 4.79 Å². The molecule has 0 radical (unpaired) electrons. The van der Waals surface area contributed by atoms with Crippen molar-refractivity contribution in [2.45, 2.75) is 27.4 Å². The zero-order valence-corrected chi connectivity index (χ0v) is 23.5. The molecule has 36 heavy (non-hydrogen) atoms. The minimum atomic E-state index is -0.627. The van der Waals surface area contributed by atoms with Gasteiger partial charge in [0.15, 0.2) is 0 Å². The molecule has 186 valence electrons. The van der Waals surface area contributed by atoms with Gasteiger partial charge in [0.25, 0.3) is 5.91 Å². The average Bonchev–Trinajstić information content (AvgIpc) is 3.10. The molecular weight excluding hydrogens is 587 g/mol. The Morgan fingerprint density at radius 3 is 2.58 bits per heavy atom. The van der Waals surface area contributed by atoms with E-state index in [0.717, 1.165) is 16.0 Å². The second-order valence-electron chi connectivity index (χ2n) is 7.55. The molecule has 0 atom stereocenters. The molecule has 0 aliphatic carbocycles. The maximum atomic E-state index is 12.9. The number of esters is 1. The van der Waals surface area contributed by atoms with Gasteiger partial charge in [0.05, 0.1) is 16.6 Å². The summed E-state index contributed by atoms with van der Waals surface area (Å²) in [5.41, 5.74) is 2.30. The minimum absolute atomic E-state index is 0.123. The van der Waals surface area contributed by atoms with Crippen LogP contribution < -0.4 is 10.1 Å². The highest BCUT2D eigenvalue weighted by atomic mass is 79.9. The number of nitriles is 1. The van der Waals surface area contributed by atoms with Crippen LogP contribution in [0.3, 0.4) is 0 Å². The van der Waals surface area contributed by atoms with Gasteiger partial charge >= 0.3 is 5.97 Å². The topological polar surface area (TPSA) is 88.4 Å². The third-order valence-corrected chi connectivity index (χ3v) is 7.45. The Balaban J connectivity index is 1.77. The number of nitrogens with zero attached hydrogens (tertiary/aromatic N) is 1. The molecule has 0 saturated heterocycles. The van der Waals surface area contributed by atoms with Crippen LogP contribution in [0.25, 0.3) is 6.08 Å². The Bertz CT molecular complexity index is 1400. The lowest BCUT2D eigenvalue weighted by Crippen LogP contribution is -2.16. The Kier molecular flexibility index (Phi) is 9.57. The first-order chi connectivity index (χ1) is 17.1. The molecule has 1 aromatic heterocycles. The summed E-state index contributed by atoms with van der Waals surface area (Å²) in [4.78, 5) is 26.1. The highest BCUT2D eigenvalue weighted by Gasteiger charge is 2.23. The van der Waals surface area contributed by atoms with Crippen LogP contribution in [-0.4, -0.2) is 18.5 Å². The Morgan fingerprint density at radius 1 is 1.19 bits per heavy atom. The van der Waals surface area contributed by atoms with Crippen LogP contribution in [0.5, 0.6) is 5.75 Å². The molecule has 0 saturated carbocycles. The van der Waals surface area contributed by atoms with E-state index in [4.69, 9.17) is 32.7 Å². The zero-order valence-electron chi connectivity index (χ0n) is 19.6. The smallest absolute Gasteiger partial charge is 0.341 e. The third kappa shape index (κ3) is 6.68. The van der Waals surface area contributed by atoms with Crippen LogP contribution >= 0.6 is 50.5 Å². The molecule has 10 heteroatoms. The lowest BCUT2D eigenvalue weighted by molar-refractivity contribution is -0.112. The standard InChI is InChI=1S/C26H21BrCl2N2O4S/c1-4-34-26(33)23-14(2)15(3)36-25(23)31-24(32)18(12-30)9-16-5-8-22(20(27)10-16)35-13-17-6-7-19(28)11-21(17)29/h5-11H,4,13H2,1-3H3,(H,31,32). The fraction of sp³-hybridized carbons (Fsp3) is 0.192. The highest BCUT2D eigenvalue weighted by molar-refractivity contribution is 9.10. The number of benzene rings is 2. The van der Waals surface area contributed by atoms with Gasteiger partial charge in [0.1, 0.15) is 29.0 Å². The normalized spacial score (nSPS) is 11.1. The maximum absolute atomic E-state index is 12.9. The molecule has 1 heterocycles. The van der Waals surface area contributed by atoms with Crippen LogP contribution in [0, 0.1) is 25.2 Å². The van der Waals surface area contributed by atoms with E-state index in [-0.39, 0.29) is 18.8 Å². The van der Waals surface area contributed by atoms with Gasteiger partial charge in [-0.2, -0.15) is 5.26 Å². The molecule has 3 aromatic rings. The fourth-order valence-corrected chi connectivity index (χ4v) is 5.19. The number of anilines is 1. The fourth-order valence-electron chi connectivity index (χ4n) is 3.17. The molecule has 0 unspecified atom stereocenters. The number of ether oxygens (including phenoxy) is 2. The molecule has 0 bridgehead atoms. The van der Waals surface area contributed by atoms with Gasteiger partial charge in [-0.05, 0) is 78.2 Å². The van der Waals surface area contributed by atoms with E-state index in [1.54, 1.807) is 50.2 Å². The van der Waals surface area contributed by atoms with E-state index >= 15 is 0 Å². The number of thiophene rings is 1. The Labute approximate surface area is 231 Å².